The van der Waals surface area contributed by atoms with Crippen LogP contribution in [0, 0.1) is 11.3 Å². The van der Waals surface area contributed by atoms with Crippen LogP contribution in [0.25, 0.3) is 0 Å². The molecule has 0 atom stereocenters. The van der Waals surface area contributed by atoms with Gasteiger partial charge in [0.1, 0.15) is 6.07 Å². The molecule has 2 aromatic rings. The zero-order valence-corrected chi connectivity index (χ0v) is 14.1. The Morgan fingerprint density at radius 2 is 2.12 bits per heavy atom. The number of benzene rings is 2. The van der Waals surface area contributed by atoms with Crippen molar-refractivity contribution in [3.05, 3.63) is 59.2 Å². The van der Waals surface area contributed by atoms with Crippen LogP contribution < -0.4 is 10.2 Å². The number of carbonyl (C=O) groups is 2. The molecule has 0 aliphatic carbocycles. The number of nitriles is 1. The van der Waals surface area contributed by atoms with E-state index in [-0.39, 0.29) is 11.7 Å². The molecule has 0 spiro atoms. The molecule has 5 nitrogen and oxygen atoms in total. The van der Waals surface area contributed by atoms with Crippen molar-refractivity contribution >= 4 is 23.1 Å². The van der Waals surface area contributed by atoms with Crippen molar-refractivity contribution in [3.63, 3.8) is 0 Å². The van der Waals surface area contributed by atoms with Gasteiger partial charge in [0.2, 0.25) is 5.91 Å². The number of nitrogens with one attached hydrogen (secondary N) is 1. The molecule has 0 saturated carbocycles. The predicted molar refractivity (Wildman–Crippen MR) is 96.5 cm³/mol. The maximum absolute atomic E-state index is 11.9. The minimum Gasteiger partial charge on any atom is -0.380 e. The third-order valence-electron chi connectivity index (χ3n) is 4.33. The fraction of sp³-hybridized carbons (Fsp3) is 0.250. The fourth-order valence-corrected chi connectivity index (χ4v) is 2.96. The van der Waals surface area contributed by atoms with Crippen LogP contribution in [-0.4, -0.2) is 18.2 Å². The number of rotatable bonds is 5. The Morgan fingerprint density at radius 3 is 2.80 bits per heavy atom. The van der Waals surface area contributed by atoms with E-state index in [4.69, 9.17) is 0 Å². The summed E-state index contributed by atoms with van der Waals surface area (Å²) >= 11 is 0. The third kappa shape index (κ3) is 3.69. The normalized spacial score (nSPS) is 13.6. The molecule has 1 heterocycles. The highest BCUT2D eigenvalue weighted by Gasteiger charge is 2.21. The second kappa shape index (κ2) is 7.18. The first kappa shape index (κ1) is 16.7. The number of hydrogen-bond donors (Lipinski definition) is 1. The maximum Gasteiger partial charge on any atom is 0.227 e. The van der Waals surface area contributed by atoms with Gasteiger partial charge in [0.15, 0.2) is 5.78 Å². The van der Waals surface area contributed by atoms with E-state index in [1.165, 1.54) is 6.92 Å². The molecule has 5 heteroatoms. The Hall–Kier alpha value is -3.13. The SMILES string of the molecule is CC(=O)c1ccc(C#N)c(NCc2cccc(N3CCCC3=O)c2)c1. The summed E-state index contributed by atoms with van der Waals surface area (Å²) in [6.07, 6.45) is 1.50. The summed E-state index contributed by atoms with van der Waals surface area (Å²) in [6, 6.07) is 15.0. The molecule has 0 aromatic heterocycles. The minimum absolute atomic E-state index is 0.0397. The van der Waals surface area contributed by atoms with Crippen LogP contribution in [0.1, 0.15) is 41.3 Å². The summed E-state index contributed by atoms with van der Waals surface area (Å²) < 4.78 is 0. The number of anilines is 2. The first-order chi connectivity index (χ1) is 12.1. The molecule has 0 unspecified atom stereocenters. The highest BCUT2D eigenvalue weighted by Crippen LogP contribution is 2.23. The lowest BCUT2D eigenvalue weighted by atomic mass is 10.1. The van der Waals surface area contributed by atoms with Crippen molar-refractivity contribution in [1.29, 1.82) is 5.26 Å². The predicted octanol–water partition coefficient (Wildman–Crippen LogP) is 3.50. The van der Waals surface area contributed by atoms with Gasteiger partial charge in [0.05, 0.1) is 11.3 Å². The summed E-state index contributed by atoms with van der Waals surface area (Å²) in [6.45, 7) is 2.77. The van der Waals surface area contributed by atoms with Gasteiger partial charge in [-0.1, -0.05) is 12.1 Å². The number of hydrogen-bond acceptors (Lipinski definition) is 4. The average Bonchev–Trinajstić information content (AvgIpc) is 3.06. The lowest BCUT2D eigenvalue weighted by molar-refractivity contribution is -0.117. The topological polar surface area (TPSA) is 73.2 Å². The monoisotopic (exact) mass is 333 g/mol. The van der Waals surface area contributed by atoms with Gasteiger partial charge >= 0.3 is 0 Å². The van der Waals surface area contributed by atoms with E-state index in [1.807, 2.05) is 24.3 Å². The lowest BCUT2D eigenvalue weighted by Crippen LogP contribution is -2.23. The van der Waals surface area contributed by atoms with E-state index >= 15 is 0 Å². The van der Waals surface area contributed by atoms with Crippen LogP contribution >= 0.6 is 0 Å². The van der Waals surface area contributed by atoms with Gasteiger partial charge in [-0.25, -0.2) is 0 Å². The van der Waals surface area contributed by atoms with Crippen molar-refractivity contribution in [1.82, 2.24) is 0 Å². The Labute approximate surface area is 146 Å². The molecule has 2 aromatic carbocycles. The summed E-state index contributed by atoms with van der Waals surface area (Å²) in [5.41, 5.74) is 3.61. The van der Waals surface area contributed by atoms with Crippen LogP contribution in [0.4, 0.5) is 11.4 Å². The number of nitrogens with zero attached hydrogens (tertiary/aromatic N) is 2. The number of Topliss-reactive ketones (excluding diaryl/α,β-unsaturated/α-hetero) is 1. The van der Waals surface area contributed by atoms with Crippen molar-refractivity contribution in [2.24, 2.45) is 0 Å². The summed E-state index contributed by atoms with van der Waals surface area (Å²) in [4.78, 5) is 25.2. The van der Waals surface area contributed by atoms with Crippen molar-refractivity contribution in [2.45, 2.75) is 26.3 Å². The highest BCUT2D eigenvalue weighted by atomic mass is 16.2. The molecule has 0 bridgehead atoms. The highest BCUT2D eigenvalue weighted by molar-refractivity contribution is 5.96. The van der Waals surface area contributed by atoms with Crippen LogP contribution in [-0.2, 0) is 11.3 Å². The second-order valence-electron chi connectivity index (χ2n) is 6.10. The fourth-order valence-electron chi connectivity index (χ4n) is 2.96. The van der Waals surface area contributed by atoms with E-state index < -0.39 is 0 Å². The molecule has 1 N–H and O–H groups in total. The molecule has 3 rings (SSSR count). The largest absolute Gasteiger partial charge is 0.380 e. The van der Waals surface area contributed by atoms with Crippen molar-refractivity contribution < 1.29 is 9.59 Å². The smallest absolute Gasteiger partial charge is 0.227 e. The summed E-state index contributed by atoms with van der Waals surface area (Å²) in [5, 5.41) is 12.5. The summed E-state index contributed by atoms with van der Waals surface area (Å²) in [7, 11) is 0. The molecule has 1 aliphatic rings. The van der Waals surface area contributed by atoms with E-state index in [2.05, 4.69) is 11.4 Å². The van der Waals surface area contributed by atoms with Gasteiger partial charge in [0.25, 0.3) is 0 Å². The maximum atomic E-state index is 11.9. The van der Waals surface area contributed by atoms with Crippen molar-refractivity contribution in [2.75, 3.05) is 16.8 Å². The molecule has 1 fully saturated rings. The van der Waals surface area contributed by atoms with E-state index in [9.17, 15) is 14.9 Å². The van der Waals surface area contributed by atoms with Gasteiger partial charge in [-0.3, -0.25) is 9.59 Å². The zero-order chi connectivity index (χ0) is 17.8. The molecular formula is C20H19N3O2. The van der Waals surface area contributed by atoms with Gasteiger partial charge in [-0.15, -0.1) is 0 Å². The standard InChI is InChI=1S/C20H19N3O2/c1-14(24)16-7-8-17(12-21)19(11-16)22-13-15-4-2-5-18(10-15)23-9-3-6-20(23)25/h2,4-5,7-8,10-11,22H,3,6,9,13H2,1H3. The molecule has 1 amide bonds. The first-order valence-electron chi connectivity index (χ1n) is 8.27. The van der Waals surface area contributed by atoms with Crippen LogP contribution in [0.5, 0.6) is 0 Å². The molecular weight excluding hydrogens is 314 g/mol. The lowest BCUT2D eigenvalue weighted by Gasteiger charge is -2.17. The van der Waals surface area contributed by atoms with Gasteiger partial charge in [-0.2, -0.15) is 5.26 Å². The van der Waals surface area contributed by atoms with Gasteiger partial charge in [0, 0.05) is 30.8 Å². The van der Waals surface area contributed by atoms with E-state index in [0.717, 1.165) is 24.2 Å². The van der Waals surface area contributed by atoms with Crippen LogP contribution in [0.15, 0.2) is 42.5 Å². The molecule has 1 saturated heterocycles. The molecule has 126 valence electrons. The van der Waals surface area contributed by atoms with Crippen LogP contribution in [0.2, 0.25) is 0 Å². The molecule has 25 heavy (non-hydrogen) atoms. The van der Waals surface area contributed by atoms with Gasteiger partial charge < -0.3 is 10.2 Å². The average molecular weight is 333 g/mol. The number of ketones is 1. The van der Waals surface area contributed by atoms with Crippen molar-refractivity contribution in [3.8, 4) is 6.07 Å². The van der Waals surface area contributed by atoms with E-state index in [0.29, 0.717) is 29.8 Å². The number of carbonyl (C=O) groups excluding carboxylic acids is 2. The third-order valence-corrected chi connectivity index (χ3v) is 4.33. The first-order valence-corrected chi connectivity index (χ1v) is 8.27. The van der Waals surface area contributed by atoms with Crippen LogP contribution in [0.3, 0.4) is 0 Å². The molecule has 0 radical (unpaired) electrons. The molecule has 1 aliphatic heterocycles. The second-order valence-corrected chi connectivity index (χ2v) is 6.10. The van der Waals surface area contributed by atoms with E-state index in [1.54, 1.807) is 23.1 Å². The Morgan fingerprint density at radius 1 is 1.28 bits per heavy atom. The number of amides is 1. The Balaban J connectivity index is 1.78. The Kier molecular flexibility index (Phi) is 4.80. The quantitative estimate of drug-likeness (QED) is 0.850. The van der Waals surface area contributed by atoms with Gasteiger partial charge in [-0.05, 0) is 49.2 Å². The zero-order valence-electron chi connectivity index (χ0n) is 14.1. The summed E-state index contributed by atoms with van der Waals surface area (Å²) in [5.74, 6) is 0.119. The minimum atomic E-state index is -0.0397. The Bertz CT molecular complexity index is 867.